The highest BCUT2D eigenvalue weighted by molar-refractivity contribution is 5.90. The van der Waals surface area contributed by atoms with E-state index in [4.69, 9.17) is 10.5 Å². The van der Waals surface area contributed by atoms with Crippen molar-refractivity contribution in [1.82, 2.24) is 10.2 Å². The van der Waals surface area contributed by atoms with Gasteiger partial charge in [0.15, 0.2) is 0 Å². The fourth-order valence-electron chi connectivity index (χ4n) is 1.98. The second-order valence-corrected chi connectivity index (χ2v) is 4.64. The van der Waals surface area contributed by atoms with Crippen LogP contribution in [0, 0.1) is 0 Å². The van der Waals surface area contributed by atoms with E-state index in [0.29, 0.717) is 17.7 Å². The van der Waals surface area contributed by atoms with Crippen molar-refractivity contribution < 1.29 is 27.5 Å². The predicted molar refractivity (Wildman–Crippen MR) is 63.7 cm³/mol. The number of rotatable bonds is 5. The second kappa shape index (κ2) is 6.89. The fourth-order valence-corrected chi connectivity index (χ4v) is 1.98. The summed E-state index contributed by atoms with van der Waals surface area (Å²) in [5.74, 6) is -1.34. The Kier molecular flexibility index (Phi) is 5.75. The lowest BCUT2D eigenvalue weighted by Gasteiger charge is -2.33. The monoisotopic (exact) mass is 297 g/mol. The summed E-state index contributed by atoms with van der Waals surface area (Å²) in [5.41, 5.74) is 5.48. The first-order valence-electron chi connectivity index (χ1n) is 6.15. The Balaban J connectivity index is 2.58. The van der Waals surface area contributed by atoms with Crippen LogP contribution in [-0.4, -0.2) is 61.8 Å². The zero-order chi connectivity index (χ0) is 15.3. The lowest BCUT2D eigenvalue weighted by Crippen LogP contribution is -2.57. The zero-order valence-corrected chi connectivity index (χ0v) is 11.1. The first-order chi connectivity index (χ1) is 9.24. The number of methoxy groups -OCH3 is 1. The van der Waals surface area contributed by atoms with Crippen molar-refractivity contribution in [2.75, 3.05) is 26.8 Å². The number of nitrogens with one attached hydrogen (secondary N) is 1. The fraction of sp³-hybridized carbons (Fsp3) is 0.818. The third kappa shape index (κ3) is 4.97. The number of alkyl halides is 3. The van der Waals surface area contributed by atoms with Gasteiger partial charge in [-0.2, -0.15) is 13.2 Å². The quantitative estimate of drug-likeness (QED) is 0.725. The van der Waals surface area contributed by atoms with Crippen LogP contribution in [0.5, 0.6) is 0 Å². The molecule has 1 saturated heterocycles. The summed E-state index contributed by atoms with van der Waals surface area (Å²) < 4.78 is 41.6. The van der Waals surface area contributed by atoms with Crippen molar-refractivity contribution >= 4 is 11.8 Å². The van der Waals surface area contributed by atoms with Crippen molar-refractivity contribution in [3.05, 3.63) is 0 Å². The van der Waals surface area contributed by atoms with Crippen LogP contribution in [0.15, 0.2) is 0 Å². The van der Waals surface area contributed by atoms with Crippen LogP contribution in [0.4, 0.5) is 13.2 Å². The number of likely N-dealkylation sites (tertiary alicyclic amines) is 1. The molecule has 0 aromatic carbocycles. The highest BCUT2D eigenvalue weighted by Crippen LogP contribution is 2.20. The third-order valence-electron chi connectivity index (χ3n) is 2.90. The molecule has 0 radical (unpaired) electrons. The van der Waals surface area contributed by atoms with Crippen molar-refractivity contribution in [3.63, 3.8) is 0 Å². The number of carbonyl (C=O) groups excluding carboxylic acids is 2. The van der Waals surface area contributed by atoms with Crippen LogP contribution < -0.4 is 11.1 Å². The van der Waals surface area contributed by atoms with Gasteiger partial charge in [0.2, 0.25) is 11.8 Å². The maximum Gasteiger partial charge on any atom is 0.406 e. The molecule has 3 N–H and O–H groups in total. The predicted octanol–water partition coefficient (Wildman–Crippen LogP) is -0.370. The van der Waals surface area contributed by atoms with Crippen molar-refractivity contribution in [3.8, 4) is 0 Å². The number of amides is 2. The number of nitrogens with zero attached hydrogens (tertiary/aromatic N) is 1. The van der Waals surface area contributed by atoms with E-state index in [0.717, 1.165) is 0 Å². The zero-order valence-electron chi connectivity index (χ0n) is 11.1. The van der Waals surface area contributed by atoms with Crippen LogP contribution in [0.25, 0.3) is 0 Å². The molecule has 0 aromatic rings. The molecule has 2 amide bonds. The lowest BCUT2D eigenvalue weighted by molar-refractivity contribution is -0.165. The van der Waals surface area contributed by atoms with E-state index in [-0.39, 0.29) is 13.2 Å². The van der Waals surface area contributed by atoms with Crippen LogP contribution in [-0.2, 0) is 14.3 Å². The maximum atomic E-state index is 12.3. The molecule has 0 aromatic heterocycles. The van der Waals surface area contributed by atoms with Crippen LogP contribution in [0.2, 0.25) is 0 Å². The van der Waals surface area contributed by atoms with Crippen molar-refractivity contribution in [2.45, 2.75) is 31.1 Å². The minimum Gasteiger partial charge on any atom is -0.383 e. The summed E-state index contributed by atoms with van der Waals surface area (Å²) in [5, 5.41) is 2.37. The summed E-state index contributed by atoms with van der Waals surface area (Å²) in [4.78, 5) is 24.2. The Morgan fingerprint density at radius 1 is 1.60 bits per heavy atom. The highest BCUT2D eigenvalue weighted by Gasteiger charge is 2.38. The topological polar surface area (TPSA) is 84.7 Å². The minimum absolute atomic E-state index is 0.0288. The molecule has 0 aliphatic carbocycles. The smallest absolute Gasteiger partial charge is 0.383 e. The van der Waals surface area contributed by atoms with Crippen molar-refractivity contribution in [2.24, 2.45) is 5.73 Å². The van der Waals surface area contributed by atoms with Gasteiger partial charge in [-0.25, -0.2) is 0 Å². The molecule has 1 rings (SSSR count). The molecular weight excluding hydrogens is 279 g/mol. The number of nitrogens with two attached hydrogens (primary N) is 1. The molecule has 0 saturated carbocycles. The minimum atomic E-state index is -4.45. The largest absolute Gasteiger partial charge is 0.406 e. The van der Waals surface area contributed by atoms with Gasteiger partial charge in [-0.3, -0.25) is 9.59 Å². The van der Waals surface area contributed by atoms with Gasteiger partial charge in [0, 0.05) is 13.7 Å². The number of hydrogen-bond donors (Lipinski definition) is 2. The van der Waals surface area contributed by atoms with Gasteiger partial charge in [0.1, 0.15) is 18.6 Å². The molecular formula is C11H18F3N3O3. The van der Waals surface area contributed by atoms with E-state index >= 15 is 0 Å². The summed E-state index contributed by atoms with van der Waals surface area (Å²) in [7, 11) is 1.37. The molecule has 20 heavy (non-hydrogen) atoms. The highest BCUT2D eigenvalue weighted by atomic mass is 19.4. The number of hydrogen-bond acceptors (Lipinski definition) is 4. The van der Waals surface area contributed by atoms with Crippen molar-refractivity contribution in [1.29, 1.82) is 0 Å². The molecule has 0 bridgehead atoms. The Morgan fingerprint density at radius 3 is 2.80 bits per heavy atom. The van der Waals surface area contributed by atoms with Gasteiger partial charge in [0.25, 0.3) is 0 Å². The molecule has 1 aliphatic heterocycles. The van der Waals surface area contributed by atoms with Gasteiger partial charge in [-0.05, 0) is 12.8 Å². The van der Waals surface area contributed by atoms with E-state index in [1.807, 2.05) is 0 Å². The van der Waals surface area contributed by atoms with Gasteiger partial charge < -0.3 is 20.7 Å². The Labute approximate surface area is 114 Å². The second-order valence-electron chi connectivity index (χ2n) is 4.64. The number of ether oxygens (including phenoxy) is 1. The standard InChI is InChI=1S/C11H18F3N3O3/c1-20-5-7(15)9(18)16-8-3-2-4-17(10(8)19)6-11(12,13)14/h7-8H,2-6,15H2,1H3,(H,16,18). The average molecular weight is 297 g/mol. The molecule has 1 heterocycles. The van der Waals surface area contributed by atoms with E-state index < -0.39 is 36.6 Å². The molecule has 1 fully saturated rings. The van der Waals surface area contributed by atoms with Gasteiger partial charge in [-0.15, -0.1) is 0 Å². The number of piperidine rings is 1. The number of halogens is 3. The number of carbonyl (C=O) groups is 2. The van der Waals surface area contributed by atoms with Crippen LogP contribution >= 0.6 is 0 Å². The molecule has 1 aliphatic rings. The molecule has 6 nitrogen and oxygen atoms in total. The van der Waals surface area contributed by atoms with Gasteiger partial charge >= 0.3 is 6.18 Å². The van der Waals surface area contributed by atoms with Gasteiger partial charge in [0.05, 0.1) is 6.61 Å². The Morgan fingerprint density at radius 2 is 2.25 bits per heavy atom. The van der Waals surface area contributed by atoms with Crippen LogP contribution in [0.3, 0.4) is 0 Å². The summed E-state index contributed by atoms with van der Waals surface area (Å²) >= 11 is 0. The molecule has 0 spiro atoms. The van der Waals surface area contributed by atoms with E-state index in [1.165, 1.54) is 7.11 Å². The SMILES string of the molecule is COCC(N)C(=O)NC1CCCN(CC(F)(F)F)C1=O. The summed E-state index contributed by atoms with van der Waals surface area (Å²) in [6.07, 6.45) is -3.75. The molecule has 9 heteroatoms. The first kappa shape index (κ1) is 16.7. The maximum absolute atomic E-state index is 12.3. The first-order valence-corrected chi connectivity index (χ1v) is 6.15. The Hall–Kier alpha value is -1.35. The molecule has 116 valence electrons. The van der Waals surface area contributed by atoms with E-state index in [9.17, 15) is 22.8 Å². The summed E-state index contributed by atoms with van der Waals surface area (Å²) in [6, 6.07) is -1.91. The molecule has 2 atom stereocenters. The van der Waals surface area contributed by atoms with Gasteiger partial charge in [-0.1, -0.05) is 0 Å². The van der Waals surface area contributed by atoms with E-state index in [1.54, 1.807) is 0 Å². The lowest BCUT2D eigenvalue weighted by atomic mass is 10.0. The average Bonchev–Trinajstić information content (AvgIpc) is 2.32. The summed E-state index contributed by atoms with van der Waals surface area (Å²) in [6.45, 7) is -1.30. The molecule has 2 unspecified atom stereocenters. The normalized spacial score (nSPS) is 21.8. The van der Waals surface area contributed by atoms with E-state index in [2.05, 4.69) is 5.32 Å². The van der Waals surface area contributed by atoms with Crippen LogP contribution in [0.1, 0.15) is 12.8 Å². The Bertz CT molecular complexity index is 363. The third-order valence-corrected chi connectivity index (χ3v) is 2.90.